The Morgan fingerprint density at radius 3 is 2.40 bits per heavy atom. The second-order valence-electron chi connectivity index (χ2n) is 7.80. The molecule has 1 aromatic rings. The molecule has 0 spiro atoms. The van der Waals surface area contributed by atoms with E-state index in [1.54, 1.807) is 0 Å². The van der Waals surface area contributed by atoms with Crippen LogP contribution < -0.4 is 5.32 Å². The number of hydrogen-bond donors (Lipinski definition) is 2. The minimum absolute atomic E-state index is 0.195. The first-order valence-corrected chi connectivity index (χ1v) is 7.95. The lowest BCUT2D eigenvalue weighted by Gasteiger charge is -2.44. The number of anilines is 1. The van der Waals surface area contributed by atoms with E-state index in [1.807, 2.05) is 0 Å². The Hall–Kier alpha value is -1.02. The lowest BCUT2D eigenvalue weighted by atomic mass is 9.66. The molecular weight excluding hydrogens is 246 g/mol. The van der Waals surface area contributed by atoms with Crippen LogP contribution in [0.4, 0.5) is 5.69 Å². The molecule has 0 radical (unpaired) electrons. The molecule has 2 heteroatoms. The van der Waals surface area contributed by atoms with E-state index in [-0.39, 0.29) is 6.04 Å². The van der Waals surface area contributed by atoms with Gasteiger partial charge in [0.05, 0.1) is 11.6 Å². The first-order chi connectivity index (χ1) is 9.38. The fraction of sp³-hybridized carbons (Fsp3) is 0.667. The van der Waals surface area contributed by atoms with Crippen molar-refractivity contribution >= 4 is 5.69 Å². The van der Waals surface area contributed by atoms with Crippen LogP contribution in [0.2, 0.25) is 0 Å². The van der Waals surface area contributed by atoms with Gasteiger partial charge in [-0.15, -0.1) is 0 Å². The second-order valence-corrected chi connectivity index (χ2v) is 7.80. The van der Waals surface area contributed by atoms with Gasteiger partial charge in [-0.25, -0.2) is 0 Å². The topological polar surface area (TPSA) is 32.3 Å². The molecule has 1 aliphatic carbocycles. The van der Waals surface area contributed by atoms with E-state index in [1.165, 1.54) is 11.3 Å². The molecule has 110 valence electrons. The molecular formula is C18H27NO. The molecule has 2 N–H and O–H groups in total. The smallest absolute Gasteiger partial charge is 0.0851 e. The van der Waals surface area contributed by atoms with Crippen molar-refractivity contribution < 1.29 is 5.11 Å². The zero-order chi connectivity index (χ0) is 14.4. The molecule has 1 unspecified atom stereocenters. The van der Waals surface area contributed by atoms with Crippen molar-refractivity contribution in [3.63, 3.8) is 0 Å². The number of benzene rings is 1. The SMILES string of the molecule is CC(C)(C)C1CCC(O)(C2Cc3ccccc3N2)CC1. The fourth-order valence-electron chi connectivity index (χ4n) is 3.95. The Kier molecular flexibility index (Phi) is 3.32. The number of hydrogen-bond acceptors (Lipinski definition) is 2. The standard InChI is InChI=1S/C18H27NO/c1-17(2,3)14-8-10-18(20,11-9-14)16-12-13-6-4-5-7-15(13)19-16/h4-7,14,16,19-20H,8-12H2,1-3H3. The monoisotopic (exact) mass is 273 g/mol. The van der Waals surface area contributed by atoms with Crippen LogP contribution in [-0.2, 0) is 6.42 Å². The molecule has 1 saturated carbocycles. The van der Waals surface area contributed by atoms with E-state index in [2.05, 4.69) is 50.4 Å². The van der Waals surface area contributed by atoms with Gasteiger partial charge in [0.15, 0.2) is 0 Å². The molecule has 1 aliphatic heterocycles. The van der Waals surface area contributed by atoms with Crippen LogP contribution in [0.25, 0.3) is 0 Å². The van der Waals surface area contributed by atoms with Gasteiger partial charge in [-0.05, 0) is 55.1 Å². The third-order valence-corrected chi connectivity index (χ3v) is 5.50. The van der Waals surface area contributed by atoms with E-state index in [0.717, 1.165) is 38.0 Å². The zero-order valence-electron chi connectivity index (χ0n) is 12.9. The summed E-state index contributed by atoms with van der Waals surface area (Å²) in [5.74, 6) is 0.742. The highest BCUT2D eigenvalue weighted by Crippen LogP contribution is 2.44. The first kappa shape index (κ1) is 13.9. The molecule has 0 bridgehead atoms. The van der Waals surface area contributed by atoms with Gasteiger partial charge in [-0.2, -0.15) is 0 Å². The van der Waals surface area contributed by atoms with Gasteiger partial charge in [-0.3, -0.25) is 0 Å². The van der Waals surface area contributed by atoms with Gasteiger partial charge in [0.1, 0.15) is 0 Å². The average molecular weight is 273 g/mol. The van der Waals surface area contributed by atoms with Gasteiger partial charge in [-0.1, -0.05) is 39.0 Å². The van der Waals surface area contributed by atoms with Crippen molar-refractivity contribution in [2.24, 2.45) is 11.3 Å². The van der Waals surface area contributed by atoms with E-state index in [9.17, 15) is 5.11 Å². The van der Waals surface area contributed by atoms with Crippen molar-refractivity contribution in [1.29, 1.82) is 0 Å². The number of rotatable bonds is 1. The number of fused-ring (bicyclic) bond motifs is 1. The van der Waals surface area contributed by atoms with Gasteiger partial charge in [0, 0.05) is 5.69 Å². The molecule has 1 atom stereocenters. The molecule has 1 aromatic carbocycles. The predicted octanol–water partition coefficient (Wildman–Crippen LogP) is 3.99. The summed E-state index contributed by atoms with van der Waals surface area (Å²) in [6.45, 7) is 6.98. The van der Waals surface area contributed by atoms with Crippen LogP contribution in [0, 0.1) is 11.3 Å². The molecule has 2 aliphatic rings. The number of nitrogens with one attached hydrogen (secondary N) is 1. The van der Waals surface area contributed by atoms with Crippen LogP contribution in [0.1, 0.15) is 52.0 Å². The van der Waals surface area contributed by atoms with Gasteiger partial charge < -0.3 is 10.4 Å². The molecule has 20 heavy (non-hydrogen) atoms. The Bertz CT molecular complexity index is 455. The number of aliphatic hydroxyl groups is 1. The van der Waals surface area contributed by atoms with Crippen LogP contribution in [0.5, 0.6) is 0 Å². The summed E-state index contributed by atoms with van der Waals surface area (Å²) >= 11 is 0. The highest BCUT2D eigenvalue weighted by Gasteiger charge is 2.44. The van der Waals surface area contributed by atoms with E-state index < -0.39 is 5.60 Å². The highest BCUT2D eigenvalue weighted by atomic mass is 16.3. The minimum Gasteiger partial charge on any atom is -0.388 e. The van der Waals surface area contributed by atoms with Crippen molar-refractivity contribution in [1.82, 2.24) is 0 Å². The van der Waals surface area contributed by atoms with Crippen molar-refractivity contribution in [3.8, 4) is 0 Å². The molecule has 0 amide bonds. The summed E-state index contributed by atoms with van der Waals surface area (Å²) < 4.78 is 0. The maximum absolute atomic E-state index is 11.1. The molecule has 2 nitrogen and oxygen atoms in total. The van der Waals surface area contributed by atoms with Crippen LogP contribution in [0.3, 0.4) is 0 Å². The van der Waals surface area contributed by atoms with Crippen molar-refractivity contribution in [2.75, 3.05) is 5.32 Å². The average Bonchev–Trinajstić information content (AvgIpc) is 2.82. The van der Waals surface area contributed by atoms with Crippen molar-refractivity contribution in [3.05, 3.63) is 29.8 Å². The van der Waals surface area contributed by atoms with E-state index >= 15 is 0 Å². The zero-order valence-corrected chi connectivity index (χ0v) is 12.9. The largest absolute Gasteiger partial charge is 0.388 e. The third kappa shape index (κ3) is 2.46. The summed E-state index contributed by atoms with van der Waals surface area (Å²) in [5.41, 5.74) is 2.40. The summed E-state index contributed by atoms with van der Waals surface area (Å²) in [5, 5.41) is 14.6. The van der Waals surface area contributed by atoms with E-state index in [4.69, 9.17) is 0 Å². The van der Waals surface area contributed by atoms with Crippen LogP contribution in [-0.4, -0.2) is 16.7 Å². The number of para-hydroxylation sites is 1. The maximum Gasteiger partial charge on any atom is 0.0851 e. The molecule has 1 heterocycles. The lowest BCUT2D eigenvalue weighted by Crippen LogP contribution is -2.49. The highest BCUT2D eigenvalue weighted by molar-refractivity contribution is 5.57. The normalized spacial score (nSPS) is 33.6. The summed E-state index contributed by atoms with van der Waals surface area (Å²) in [4.78, 5) is 0. The summed E-state index contributed by atoms with van der Waals surface area (Å²) in [6, 6.07) is 8.64. The Balaban J connectivity index is 1.68. The molecule has 0 saturated heterocycles. The summed E-state index contributed by atoms with van der Waals surface area (Å²) in [6.07, 6.45) is 5.12. The predicted molar refractivity (Wildman–Crippen MR) is 83.9 cm³/mol. The van der Waals surface area contributed by atoms with Gasteiger partial charge in [0.25, 0.3) is 0 Å². The quantitative estimate of drug-likeness (QED) is 0.811. The minimum atomic E-state index is -0.527. The first-order valence-electron chi connectivity index (χ1n) is 7.95. The maximum atomic E-state index is 11.1. The Morgan fingerprint density at radius 1 is 1.15 bits per heavy atom. The van der Waals surface area contributed by atoms with Crippen LogP contribution >= 0.6 is 0 Å². The Labute approximate surface area is 122 Å². The van der Waals surface area contributed by atoms with E-state index in [0.29, 0.717) is 5.41 Å². The molecule has 3 rings (SSSR count). The van der Waals surface area contributed by atoms with Gasteiger partial charge in [0.2, 0.25) is 0 Å². The van der Waals surface area contributed by atoms with Crippen LogP contribution in [0.15, 0.2) is 24.3 Å². The Morgan fingerprint density at radius 2 is 1.80 bits per heavy atom. The van der Waals surface area contributed by atoms with Crippen molar-refractivity contribution in [2.45, 2.75) is 64.5 Å². The fourth-order valence-corrected chi connectivity index (χ4v) is 3.95. The molecule has 1 fully saturated rings. The second kappa shape index (κ2) is 4.77. The summed E-state index contributed by atoms with van der Waals surface area (Å²) in [7, 11) is 0. The van der Waals surface area contributed by atoms with Gasteiger partial charge >= 0.3 is 0 Å². The lowest BCUT2D eigenvalue weighted by molar-refractivity contribution is -0.0377. The third-order valence-electron chi connectivity index (χ3n) is 5.50. The molecule has 0 aromatic heterocycles.